The highest BCUT2D eigenvalue weighted by Crippen LogP contribution is 2.21. The number of rotatable bonds is 3. The summed E-state index contributed by atoms with van der Waals surface area (Å²) in [6.07, 6.45) is 1.27. The van der Waals surface area contributed by atoms with Gasteiger partial charge in [0.1, 0.15) is 0 Å². The van der Waals surface area contributed by atoms with E-state index in [4.69, 9.17) is 0 Å². The molecule has 2 aromatic rings. The molecule has 0 spiro atoms. The molecule has 3 rings (SSSR count). The van der Waals surface area contributed by atoms with Gasteiger partial charge in [-0.25, -0.2) is 0 Å². The van der Waals surface area contributed by atoms with Gasteiger partial charge in [0.05, 0.1) is 0 Å². The highest BCUT2D eigenvalue weighted by molar-refractivity contribution is 5.85. The molecule has 1 unspecified atom stereocenters. The van der Waals surface area contributed by atoms with Crippen molar-refractivity contribution < 1.29 is 0 Å². The minimum atomic E-state index is 0. The summed E-state index contributed by atoms with van der Waals surface area (Å²) in [6.45, 7) is 3.44. The molecule has 1 saturated heterocycles. The molecule has 19 heavy (non-hydrogen) atoms. The highest BCUT2D eigenvalue weighted by atomic mass is 35.5. The zero-order valence-electron chi connectivity index (χ0n) is 11.3. The number of benzene rings is 2. The zero-order chi connectivity index (χ0) is 12.4. The summed E-state index contributed by atoms with van der Waals surface area (Å²) in [6, 6.07) is 16.0. The van der Waals surface area contributed by atoms with Gasteiger partial charge >= 0.3 is 0 Å². The molecule has 1 aliphatic rings. The van der Waals surface area contributed by atoms with Gasteiger partial charge in [0, 0.05) is 25.7 Å². The van der Waals surface area contributed by atoms with Crippen LogP contribution in [0.25, 0.3) is 10.8 Å². The van der Waals surface area contributed by atoms with Crippen molar-refractivity contribution in [3.05, 3.63) is 48.0 Å². The Labute approximate surface area is 121 Å². The fraction of sp³-hybridized carbons (Fsp3) is 0.375. The van der Waals surface area contributed by atoms with Crippen LogP contribution in [0.5, 0.6) is 0 Å². The first-order valence-electron chi connectivity index (χ1n) is 6.73. The smallest absolute Gasteiger partial charge is 0.0240 e. The van der Waals surface area contributed by atoms with Crippen LogP contribution in [0.4, 0.5) is 0 Å². The molecule has 2 aromatic carbocycles. The average Bonchev–Trinajstić information content (AvgIpc) is 2.87. The van der Waals surface area contributed by atoms with E-state index in [0.29, 0.717) is 6.04 Å². The summed E-state index contributed by atoms with van der Waals surface area (Å²) in [5.41, 5.74) is 1.45. The van der Waals surface area contributed by atoms with Gasteiger partial charge < -0.3 is 5.32 Å². The maximum Gasteiger partial charge on any atom is 0.0240 e. The first-order valence-corrected chi connectivity index (χ1v) is 6.73. The number of nitrogens with one attached hydrogen (secondary N) is 1. The number of likely N-dealkylation sites (N-methyl/N-ethyl adjacent to an activating group) is 1. The Morgan fingerprint density at radius 3 is 2.74 bits per heavy atom. The molecule has 102 valence electrons. The second-order valence-electron chi connectivity index (χ2n) is 5.15. The minimum Gasteiger partial charge on any atom is -0.316 e. The normalized spacial score (nSPS) is 19.5. The second kappa shape index (κ2) is 6.38. The van der Waals surface area contributed by atoms with Crippen molar-refractivity contribution in [2.75, 3.05) is 20.1 Å². The van der Waals surface area contributed by atoms with Crippen molar-refractivity contribution in [1.29, 1.82) is 0 Å². The molecule has 0 radical (unpaired) electrons. The molecule has 0 saturated carbocycles. The SMILES string of the molecule is CNC1CCN(Cc2cccc3ccccc23)C1.Cl. The van der Waals surface area contributed by atoms with Gasteiger partial charge in [0.25, 0.3) is 0 Å². The molecule has 1 N–H and O–H groups in total. The Bertz CT molecular complexity index is 536. The van der Waals surface area contributed by atoms with Crippen LogP contribution >= 0.6 is 12.4 Å². The lowest BCUT2D eigenvalue weighted by molar-refractivity contribution is 0.323. The molecule has 1 fully saturated rings. The van der Waals surface area contributed by atoms with Crippen molar-refractivity contribution in [3.8, 4) is 0 Å². The summed E-state index contributed by atoms with van der Waals surface area (Å²) in [5.74, 6) is 0. The number of nitrogens with zero attached hydrogens (tertiary/aromatic N) is 1. The van der Waals surface area contributed by atoms with Gasteiger partial charge in [-0.3, -0.25) is 4.90 Å². The molecule has 0 aromatic heterocycles. The van der Waals surface area contributed by atoms with E-state index < -0.39 is 0 Å². The summed E-state index contributed by atoms with van der Waals surface area (Å²) < 4.78 is 0. The first-order chi connectivity index (χ1) is 8.86. The monoisotopic (exact) mass is 276 g/mol. The van der Waals surface area contributed by atoms with E-state index in [2.05, 4.69) is 59.7 Å². The van der Waals surface area contributed by atoms with Gasteiger partial charge in [0.2, 0.25) is 0 Å². The van der Waals surface area contributed by atoms with Crippen molar-refractivity contribution in [3.63, 3.8) is 0 Å². The van der Waals surface area contributed by atoms with Crippen molar-refractivity contribution in [1.82, 2.24) is 10.2 Å². The van der Waals surface area contributed by atoms with Gasteiger partial charge in [-0.1, -0.05) is 42.5 Å². The fourth-order valence-electron chi connectivity index (χ4n) is 2.88. The van der Waals surface area contributed by atoms with Crippen molar-refractivity contribution in [2.24, 2.45) is 0 Å². The number of hydrogen-bond acceptors (Lipinski definition) is 2. The van der Waals surface area contributed by atoms with Crippen LogP contribution < -0.4 is 5.32 Å². The molecule has 0 amide bonds. The first kappa shape index (κ1) is 14.3. The molecule has 2 nitrogen and oxygen atoms in total. The van der Waals surface area contributed by atoms with Crippen LogP contribution in [-0.2, 0) is 6.54 Å². The number of hydrogen-bond donors (Lipinski definition) is 1. The van der Waals surface area contributed by atoms with Crippen LogP contribution in [0, 0.1) is 0 Å². The van der Waals surface area contributed by atoms with Crippen LogP contribution in [0.3, 0.4) is 0 Å². The van der Waals surface area contributed by atoms with Crippen LogP contribution in [0.15, 0.2) is 42.5 Å². The topological polar surface area (TPSA) is 15.3 Å². The van der Waals surface area contributed by atoms with Crippen LogP contribution in [0.1, 0.15) is 12.0 Å². The van der Waals surface area contributed by atoms with E-state index in [1.54, 1.807) is 0 Å². The largest absolute Gasteiger partial charge is 0.316 e. The Morgan fingerprint density at radius 2 is 1.95 bits per heavy atom. The van der Waals surface area contributed by atoms with Crippen molar-refractivity contribution in [2.45, 2.75) is 19.0 Å². The van der Waals surface area contributed by atoms with E-state index in [1.807, 2.05) is 0 Å². The quantitative estimate of drug-likeness (QED) is 0.927. The van der Waals surface area contributed by atoms with E-state index >= 15 is 0 Å². The third kappa shape index (κ3) is 3.08. The molecular formula is C16H21ClN2. The number of likely N-dealkylation sites (tertiary alicyclic amines) is 1. The summed E-state index contributed by atoms with van der Waals surface area (Å²) in [7, 11) is 2.06. The van der Waals surface area contributed by atoms with Crippen LogP contribution in [0.2, 0.25) is 0 Å². The third-order valence-corrected chi connectivity index (χ3v) is 3.95. The predicted molar refractivity (Wildman–Crippen MR) is 83.9 cm³/mol. The fourth-order valence-corrected chi connectivity index (χ4v) is 2.88. The number of halogens is 1. The lowest BCUT2D eigenvalue weighted by Crippen LogP contribution is -2.29. The maximum absolute atomic E-state index is 3.38. The molecule has 1 atom stereocenters. The van der Waals surface area contributed by atoms with Gasteiger partial charge in [0.15, 0.2) is 0 Å². The van der Waals surface area contributed by atoms with Gasteiger partial charge in [-0.15, -0.1) is 12.4 Å². The zero-order valence-corrected chi connectivity index (χ0v) is 12.1. The Balaban J connectivity index is 0.00000133. The molecule has 3 heteroatoms. The Kier molecular flexibility index (Phi) is 4.81. The lowest BCUT2D eigenvalue weighted by Gasteiger charge is -2.17. The molecule has 1 aliphatic heterocycles. The number of fused-ring (bicyclic) bond motifs is 1. The molecule has 0 aliphatic carbocycles. The van der Waals surface area contributed by atoms with Gasteiger partial charge in [-0.05, 0) is 29.8 Å². The predicted octanol–water partition coefficient (Wildman–Crippen LogP) is 3.06. The van der Waals surface area contributed by atoms with E-state index in [1.165, 1.54) is 35.8 Å². The van der Waals surface area contributed by atoms with Crippen molar-refractivity contribution >= 4 is 23.2 Å². The summed E-state index contributed by atoms with van der Waals surface area (Å²) >= 11 is 0. The Morgan fingerprint density at radius 1 is 1.16 bits per heavy atom. The van der Waals surface area contributed by atoms with E-state index in [-0.39, 0.29) is 12.4 Å². The Hall–Kier alpha value is -1.09. The summed E-state index contributed by atoms with van der Waals surface area (Å²) in [5, 5.41) is 6.12. The molecule has 0 bridgehead atoms. The minimum absolute atomic E-state index is 0. The second-order valence-corrected chi connectivity index (χ2v) is 5.15. The van der Waals surface area contributed by atoms with E-state index in [0.717, 1.165) is 6.54 Å². The maximum atomic E-state index is 3.38. The molecule has 1 heterocycles. The lowest BCUT2D eigenvalue weighted by atomic mass is 10.0. The molecular weight excluding hydrogens is 256 g/mol. The standard InChI is InChI=1S/C16H20N2.ClH/c1-17-15-9-10-18(12-15)11-14-7-4-6-13-5-2-3-8-16(13)14;/h2-8,15,17H,9-12H2,1H3;1H. The van der Waals surface area contributed by atoms with Gasteiger partial charge in [-0.2, -0.15) is 0 Å². The van der Waals surface area contributed by atoms with Crippen LogP contribution in [-0.4, -0.2) is 31.1 Å². The van der Waals surface area contributed by atoms with E-state index in [9.17, 15) is 0 Å². The summed E-state index contributed by atoms with van der Waals surface area (Å²) in [4.78, 5) is 2.54. The third-order valence-electron chi connectivity index (χ3n) is 3.95. The average molecular weight is 277 g/mol. The highest BCUT2D eigenvalue weighted by Gasteiger charge is 2.20.